The minimum atomic E-state index is -0.160. The number of rotatable bonds is 4. The first-order valence-electron chi connectivity index (χ1n) is 9.32. The third-order valence-corrected chi connectivity index (χ3v) is 7.36. The molecule has 1 aromatic rings. The smallest absolute Gasteiger partial charge is 0.230 e. The molecule has 0 spiro atoms. The van der Waals surface area contributed by atoms with E-state index < -0.39 is 0 Å². The molecule has 132 valence electrons. The monoisotopic (exact) mass is 348 g/mol. The second-order valence-electron chi connectivity index (χ2n) is 7.55. The van der Waals surface area contributed by atoms with Crippen molar-refractivity contribution in [2.45, 2.75) is 58.2 Å². The lowest BCUT2D eigenvalue weighted by atomic mass is 9.70. The summed E-state index contributed by atoms with van der Waals surface area (Å²) in [5.41, 5.74) is -0.160. The van der Waals surface area contributed by atoms with Crippen molar-refractivity contribution in [3.8, 4) is 0 Å². The Morgan fingerprint density at radius 3 is 2.79 bits per heavy atom. The lowest BCUT2D eigenvalue weighted by molar-refractivity contribution is -0.148. The summed E-state index contributed by atoms with van der Waals surface area (Å²) >= 11 is 1.90. The van der Waals surface area contributed by atoms with Crippen LogP contribution in [0.1, 0.15) is 42.4 Å². The molecule has 0 radical (unpaired) electrons. The summed E-state index contributed by atoms with van der Waals surface area (Å²) in [7, 11) is 0. The Morgan fingerprint density at radius 1 is 1.33 bits per heavy atom. The molecule has 4 heterocycles. The van der Waals surface area contributed by atoms with Crippen LogP contribution in [0.4, 0.5) is 0 Å². The minimum Gasteiger partial charge on any atom is -0.378 e. The molecule has 3 aliphatic heterocycles. The van der Waals surface area contributed by atoms with Crippen LogP contribution in [0.5, 0.6) is 0 Å². The number of ether oxygens (including phenoxy) is 1. The van der Waals surface area contributed by atoms with Gasteiger partial charge in [-0.15, -0.1) is 11.3 Å². The van der Waals surface area contributed by atoms with Crippen molar-refractivity contribution in [3.63, 3.8) is 0 Å². The largest absolute Gasteiger partial charge is 0.378 e. The number of fused-ring (bicyclic) bond motifs is 2. The van der Waals surface area contributed by atoms with Crippen molar-refractivity contribution in [2.75, 3.05) is 26.3 Å². The van der Waals surface area contributed by atoms with E-state index >= 15 is 0 Å². The normalized spacial score (nSPS) is 33.3. The van der Waals surface area contributed by atoms with Gasteiger partial charge in [-0.2, -0.15) is 0 Å². The van der Waals surface area contributed by atoms with Gasteiger partial charge in [-0.1, -0.05) is 6.92 Å². The molecule has 1 aromatic heterocycles. The van der Waals surface area contributed by atoms with Crippen LogP contribution in [-0.2, 0) is 16.1 Å². The number of thiophene rings is 1. The number of nitrogens with zero attached hydrogens (tertiary/aromatic N) is 2. The average Bonchev–Trinajstić information content (AvgIpc) is 3.29. The molecule has 3 aliphatic rings. The number of morpholine rings is 1. The highest BCUT2D eigenvalue weighted by atomic mass is 32.1. The van der Waals surface area contributed by atoms with Gasteiger partial charge in [-0.25, -0.2) is 0 Å². The molecule has 3 atom stereocenters. The van der Waals surface area contributed by atoms with Crippen LogP contribution in [0.3, 0.4) is 0 Å². The summed E-state index contributed by atoms with van der Waals surface area (Å²) in [5, 5.41) is 0. The molecule has 0 unspecified atom stereocenters. The van der Waals surface area contributed by atoms with Crippen molar-refractivity contribution in [1.29, 1.82) is 0 Å². The van der Waals surface area contributed by atoms with Gasteiger partial charge in [-0.05, 0) is 44.7 Å². The first-order valence-corrected chi connectivity index (χ1v) is 10.1. The third-order valence-electron chi connectivity index (χ3n) is 6.37. The van der Waals surface area contributed by atoms with Crippen LogP contribution in [0.15, 0.2) is 12.1 Å². The second kappa shape index (κ2) is 6.43. The quantitative estimate of drug-likeness (QED) is 0.838. The molecule has 0 aromatic carbocycles. The van der Waals surface area contributed by atoms with E-state index in [1.807, 2.05) is 11.3 Å². The second-order valence-corrected chi connectivity index (χ2v) is 8.92. The number of carbonyl (C=O) groups is 1. The molecular formula is C19H28N2O2S. The maximum absolute atomic E-state index is 13.4. The Hall–Kier alpha value is -0.910. The van der Waals surface area contributed by atoms with E-state index in [2.05, 4.69) is 35.8 Å². The molecule has 4 nitrogen and oxygen atoms in total. The topological polar surface area (TPSA) is 32.8 Å². The van der Waals surface area contributed by atoms with Gasteiger partial charge in [0.15, 0.2) is 0 Å². The minimum absolute atomic E-state index is 0.160. The van der Waals surface area contributed by atoms with Crippen LogP contribution < -0.4 is 0 Å². The van der Waals surface area contributed by atoms with Crippen LogP contribution in [-0.4, -0.2) is 54.1 Å². The van der Waals surface area contributed by atoms with E-state index in [1.54, 1.807) is 0 Å². The van der Waals surface area contributed by atoms with E-state index in [4.69, 9.17) is 4.74 Å². The van der Waals surface area contributed by atoms with E-state index in [1.165, 1.54) is 22.6 Å². The lowest BCUT2D eigenvalue weighted by Crippen LogP contribution is -2.53. The van der Waals surface area contributed by atoms with E-state index in [-0.39, 0.29) is 5.41 Å². The Labute approximate surface area is 148 Å². The predicted molar refractivity (Wildman–Crippen MR) is 96.1 cm³/mol. The highest BCUT2D eigenvalue weighted by molar-refractivity contribution is 7.11. The maximum Gasteiger partial charge on any atom is 0.230 e. The SMILES string of the molecule is CC[C@@]1(C(=O)N2CCOCC2)C[C@@H]2CC[C@H]1N2Cc1ccc(C)s1. The first kappa shape index (κ1) is 16.6. The van der Waals surface area contributed by atoms with Crippen LogP contribution in [0.25, 0.3) is 0 Å². The number of amides is 1. The maximum atomic E-state index is 13.4. The molecule has 24 heavy (non-hydrogen) atoms. The average molecular weight is 349 g/mol. The zero-order chi connectivity index (χ0) is 16.7. The Kier molecular flexibility index (Phi) is 4.43. The number of hydrogen-bond acceptors (Lipinski definition) is 4. The summed E-state index contributed by atoms with van der Waals surface area (Å²) in [6, 6.07) is 5.48. The van der Waals surface area contributed by atoms with Gasteiger partial charge in [0, 0.05) is 41.5 Å². The zero-order valence-corrected chi connectivity index (χ0v) is 15.6. The summed E-state index contributed by atoms with van der Waals surface area (Å²) in [6.07, 6.45) is 4.45. The van der Waals surface area contributed by atoms with E-state index in [9.17, 15) is 4.79 Å². The van der Waals surface area contributed by atoms with E-state index in [0.717, 1.165) is 32.5 Å². The molecule has 3 fully saturated rings. The fourth-order valence-electron chi connectivity index (χ4n) is 5.14. The summed E-state index contributed by atoms with van der Waals surface area (Å²) in [4.78, 5) is 20.9. The summed E-state index contributed by atoms with van der Waals surface area (Å²) < 4.78 is 5.44. The highest BCUT2D eigenvalue weighted by Crippen LogP contribution is 2.53. The van der Waals surface area contributed by atoms with Gasteiger partial charge in [0.2, 0.25) is 5.91 Å². The summed E-state index contributed by atoms with van der Waals surface area (Å²) in [6.45, 7) is 8.32. The third kappa shape index (κ3) is 2.61. The molecule has 3 saturated heterocycles. The van der Waals surface area contributed by atoms with Crippen LogP contribution in [0, 0.1) is 12.3 Å². The van der Waals surface area contributed by atoms with Gasteiger partial charge in [0.25, 0.3) is 0 Å². The van der Waals surface area contributed by atoms with Crippen molar-refractivity contribution >= 4 is 17.2 Å². The van der Waals surface area contributed by atoms with Gasteiger partial charge in [0.1, 0.15) is 0 Å². The zero-order valence-electron chi connectivity index (χ0n) is 14.8. The first-order chi connectivity index (χ1) is 11.6. The van der Waals surface area contributed by atoms with Gasteiger partial charge in [-0.3, -0.25) is 9.69 Å². The van der Waals surface area contributed by atoms with Gasteiger partial charge >= 0.3 is 0 Å². The molecule has 1 amide bonds. The molecule has 2 bridgehead atoms. The van der Waals surface area contributed by atoms with Crippen molar-refractivity contribution < 1.29 is 9.53 Å². The van der Waals surface area contributed by atoms with Crippen molar-refractivity contribution in [2.24, 2.45) is 5.41 Å². The van der Waals surface area contributed by atoms with Crippen LogP contribution >= 0.6 is 11.3 Å². The molecule has 5 heteroatoms. The molecule has 4 rings (SSSR count). The fraction of sp³-hybridized carbons (Fsp3) is 0.737. The number of hydrogen-bond donors (Lipinski definition) is 0. The molecule has 0 N–H and O–H groups in total. The van der Waals surface area contributed by atoms with Gasteiger partial charge < -0.3 is 9.64 Å². The van der Waals surface area contributed by atoms with Gasteiger partial charge in [0.05, 0.1) is 18.6 Å². The molecule has 0 saturated carbocycles. The van der Waals surface area contributed by atoms with Crippen LogP contribution in [0.2, 0.25) is 0 Å². The Bertz CT molecular complexity index is 610. The highest BCUT2D eigenvalue weighted by Gasteiger charge is 2.59. The molecular weight excluding hydrogens is 320 g/mol. The Balaban J connectivity index is 1.55. The Morgan fingerprint density at radius 2 is 2.12 bits per heavy atom. The standard InChI is InChI=1S/C19H28N2O2S/c1-3-19(18(22)20-8-10-23-11-9-20)12-15-5-7-17(19)21(15)13-16-6-4-14(2)24-16/h4,6,15,17H,3,5,7-13H2,1-2H3/t15-,17+,19+/m0/s1. The predicted octanol–water partition coefficient (Wildman–Crippen LogP) is 3.05. The van der Waals surface area contributed by atoms with E-state index in [0.29, 0.717) is 31.2 Å². The molecule has 0 aliphatic carbocycles. The number of aryl methyl sites for hydroxylation is 1. The number of carbonyl (C=O) groups excluding carboxylic acids is 1. The van der Waals surface area contributed by atoms with Crippen molar-refractivity contribution in [1.82, 2.24) is 9.80 Å². The lowest BCUT2D eigenvalue weighted by Gasteiger charge is -2.40. The fourth-order valence-corrected chi connectivity index (χ4v) is 6.04. The summed E-state index contributed by atoms with van der Waals surface area (Å²) in [5.74, 6) is 0.396. The van der Waals surface area contributed by atoms with Crippen molar-refractivity contribution in [3.05, 3.63) is 21.9 Å².